The molecule has 1 N–H and O–H groups in total. The number of hydrogen-bond acceptors (Lipinski definition) is 3. The molecule has 3 rings (SSSR count). The van der Waals surface area contributed by atoms with Crippen LogP contribution in [0.5, 0.6) is 0 Å². The van der Waals surface area contributed by atoms with Crippen molar-refractivity contribution in [3.8, 4) is 0 Å². The summed E-state index contributed by atoms with van der Waals surface area (Å²) in [5.74, 6) is -0.0346. The van der Waals surface area contributed by atoms with Crippen LogP contribution in [0.3, 0.4) is 0 Å². The lowest BCUT2D eigenvalue weighted by Gasteiger charge is -2.19. The largest absolute Gasteiger partial charge is 0.320 e. The van der Waals surface area contributed by atoms with E-state index in [2.05, 4.69) is 5.32 Å². The Kier molecular flexibility index (Phi) is 3.52. The van der Waals surface area contributed by atoms with E-state index in [4.69, 9.17) is 0 Å². The molecule has 1 aromatic carbocycles. The Hall–Kier alpha value is -2.14. The van der Waals surface area contributed by atoms with Gasteiger partial charge in [-0.3, -0.25) is 9.59 Å². The lowest BCUT2D eigenvalue weighted by molar-refractivity contribution is -0.117. The van der Waals surface area contributed by atoms with E-state index in [1.165, 1.54) is 11.3 Å². The van der Waals surface area contributed by atoms with E-state index in [1.54, 1.807) is 16.3 Å². The molecule has 20 heavy (non-hydrogen) atoms. The fraction of sp³-hybridized carbons (Fsp3) is 0.200. The van der Waals surface area contributed by atoms with Crippen molar-refractivity contribution in [2.45, 2.75) is 12.8 Å². The summed E-state index contributed by atoms with van der Waals surface area (Å²) in [6.07, 6.45) is 1.44. The third kappa shape index (κ3) is 2.44. The molecule has 0 bridgehead atoms. The number of nitrogens with one attached hydrogen (secondary N) is 1. The normalized spacial score (nSPS) is 14.6. The Morgan fingerprint density at radius 1 is 1.25 bits per heavy atom. The van der Waals surface area contributed by atoms with Gasteiger partial charge in [-0.2, -0.15) is 11.3 Å². The maximum Gasteiger partial charge on any atom is 0.256 e. The Balaban J connectivity index is 1.86. The summed E-state index contributed by atoms with van der Waals surface area (Å²) in [5, 5.41) is 6.55. The fourth-order valence-corrected chi connectivity index (χ4v) is 2.94. The molecule has 1 aliphatic heterocycles. The average molecular weight is 286 g/mol. The SMILES string of the molecule is O=C(Nc1ccccc1N1CCCC1=O)c1ccsc1. The molecule has 1 saturated heterocycles. The molecular weight excluding hydrogens is 272 g/mol. The summed E-state index contributed by atoms with van der Waals surface area (Å²) in [6.45, 7) is 0.712. The highest BCUT2D eigenvalue weighted by atomic mass is 32.1. The zero-order valence-electron chi connectivity index (χ0n) is 10.8. The van der Waals surface area contributed by atoms with Crippen molar-refractivity contribution in [2.24, 2.45) is 0 Å². The number of carbonyl (C=O) groups is 2. The van der Waals surface area contributed by atoms with Gasteiger partial charge in [-0.1, -0.05) is 12.1 Å². The zero-order valence-corrected chi connectivity index (χ0v) is 11.7. The molecule has 0 spiro atoms. The van der Waals surface area contributed by atoms with E-state index >= 15 is 0 Å². The lowest BCUT2D eigenvalue weighted by Crippen LogP contribution is -2.25. The van der Waals surface area contributed by atoms with Crippen molar-refractivity contribution in [2.75, 3.05) is 16.8 Å². The van der Waals surface area contributed by atoms with Crippen LogP contribution in [0.2, 0.25) is 0 Å². The van der Waals surface area contributed by atoms with Gasteiger partial charge in [0.25, 0.3) is 5.91 Å². The van der Waals surface area contributed by atoms with Crippen LogP contribution >= 0.6 is 11.3 Å². The predicted molar refractivity (Wildman–Crippen MR) is 80.3 cm³/mol. The minimum absolute atomic E-state index is 0.113. The minimum atomic E-state index is -0.148. The fourth-order valence-electron chi connectivity index (χ4n) is 2.31. The van der Waals surface area contributed by atoms with Gasteiger partial charge in [0.15, 0.2) is 0 Å². The maximum atomic E-state index is 12.1. The number of benzene rings is 1. The second-order valence-corrected chi connectivity index (χ2v) is 5.41. The van der Waals surface area contributed by atoms with E-state index < -0.39 is 0 Å². The molecular formula is C15H14N2O2S. The summed E-state index contributed by atoms with van der Waals surface area (Å²) in [7, 11) is 0. The van der Waals surface area contributed by atoms with Gasteiger partial charge in [-0.05, 0) is 30.0 Å². The molecule has 0 aliphatic carbocycles. The summed E-state index contributed by atoms with van der Waals surface area (Å²) in [6, 6.07) is 9.20. The first kappa shape index (κ1) is 12.9. The molecule has 4 nitrogen and oxygen atoms in total. The summed E-state index contributed by atoms with van der Waals surface area (Å²) >= 11 is 1.48. The summed E-state index contributed by atoms with van der Waals surface area (Å²) < 4.78 is 0. The number of rotatable bonds is 3. The predicted octanol–water partition coefficient (Wildman–Crippen LogP) is 3.13. The van der Waals surface area contributed by atoms with Gasteiger partial charge >= 0.3 is 0 Å². The summed E-state index contributed by atoms with van der Waals surface area (Å²) in [5.41, 5.74) is 2.09. The first-order chi connectivity index (χ1) is 9.75. The number of amides is 2. The average Bonchev–Trinajstić information content (AvgIpc) is 3.10. The smallest absolute Gasteiger partial charge is 0.256 e. The standard InChI is InChI=1S/C15H14N2O2S/c18-14-6-3-8-17(14)13-5-2-1-4-12(13)16-15(19)11-7-9-20-10-11/h1-2,4-5,7,9-10H,3,6,8H2,(H,16,19). The Morgan fingerprint density at radius 3 is 2.80 bits per heavy atom. The minimum Gasteiger partial charge on any atom is -0.320 e. The van der Waals surface area contributed by atoms with E-state index in [-0.39, 0.29) is 11.8 Å². The first-order valence-electron chi connectivity index (χ1n) is 6.48. The quantitative estimate of drug-likeness (QED) is 0.942. The van der Waals surface area contributed by atoms with Crippen LogP contribution in [-0.4, -0.2) is 18.4 Å². The van der Waals surface area contributed by atoms with Crippen LogP contribution in [0.15, 0.2) is 41.1 Å². The van der Waals surface area contributed by atoms with Gasteiger partial charge in [0, 0.05) is 18.3 Å². The monoisotopic (exact) mass is 286 g/mol. The van der Waals surface area contributed by atoms with Crippen molar-refractivity contribution in [3.05, 3.63) is 46.7 Å². The van der Waals surface area contributed by atoms with Crippen LogP contribution in [0.1, 0.15) is 23.2 Å². The van der Waals surface area contributed by atoms with Crippen molar-refractivity contribution in [1.29, 1.82) is 0 Å². The highest BCUT2D eigenvalue weighted by Gasteiger charge is 2.24. The van der Waals surface area contributed by atoms with Gasteiger partial charge < -0.3 is 10.2 Å². The molecule has 2 heterocycles. The third-order valence-corrected chi connectivity index (χ3v) is 3.98. The second kappa shape index (κ2) is 5.46. The number of thiophene rings is 1. The molecule has 1 aliphatic rings. The van der Waals surface area contributed by atoms with Gasteiger partial charge in [-0.25, -0.2) is 0 Å². The van der Waals surface area contributed by atoms with E-state index in [1.807, 2.05) is 29.6 Å². The molecule has 0 radical (unpaired) electrons. The molecule has 1 fully saturated rings. The molecule has 1 aromatic heterocycles. The van der Waals surface area contributed by atoms with E-state index in [0.29, 0.717) is 24.2 Å². The number of para-hydroxylation sites is 2. The Labute approximate surface area is 121 Å². The highest BCUT2D eigenvalue weighted by Crippen LogP contribution is 2.29. The molecule has 102 valence electrons. The van der Waals surface area contributed by atoms with Crippen molar-refractivity contribution >= 4 is 34.5 Å². The molecule has 0 saturated carbocycles. The third-order valence-electron chi connectivity index (χ3n) is 3.30. The highest BCUT2D eigenvalue weighted by molar-refractivity contribution is 7.08. The van der Waals surface area contributed by atoms with Crippen LogP contribution in [0.25, 0.3) is 0 Å². The summed E-state index contributed by atoms with van der Waals surface area (Å²) in [4.78, 5) is 25.7. The van der Waals surface area contributed by atoms with Crippen LogP contribution in [-0.2, 0) is 4.79 Å². The van der Waals surface area contributed by atoms with Crippen molar-refractivity contribution in [1.82, 2.24) is 0 Å². The van der Waals surface area contributed by atoms with Gasteiger partial charge in [-0.15, -0.1) is 0 Å². The van der Waals surface area contributed by atoms with Gasteiger partial charge in [0.05, 0.1) is 16.9 Å². The van der Waals surface area contributed by atoms with E-state index in [9.17, 15) is 9.59 Å². The number of nitrogens with zero attached hydrogens (tertiary/aromatic N) is 1. The number of anilines is 2. The maximum absolute atomic E-state index is 12.1. The molecule has 5 heteroatoms. The van der Waals surface area contributed by atoms with Crippen LogP contribution in [0, 0.1) is 0 Å². The van der Waals surface area contributed by atoms with Crippen molar-refractivity contribution in [3.63, 3.8) is 0 Å². The second-order valence-electron chi connectivity index (χ2n) is 4.63. The van der Waals surface area contributed by atoms with Crippen molar-refractivity contribution < 1.29 is 9.59 Å². The number of hydrogen-bond donors (Lipinski definition) is 1. The van der Waals surface area contributed by atoms with E-state index in [0.717, 1.165) is 12.1 Å². The molecule has 2 aromatic rings. The molecule has 0 unspecified atom stereocenters. The lowest BCUT2D eigenvalue weighted by atomic mass is 10.2. The van der Waals surface area contributed by atoms with Gasteiger partial charge in [0.2, 0.25) is 5.91 Å². The first-order valence-corrected chi connectivity index (χ1v) is 7.43. The molecule has 2 amide bonds. The number of carbonyl (C=O) groups excluding carboxylic acids is 2. The van der Waals surface area contributed by atoms with Crippen LogP contribution in [0.4, 0.5) is 11.4 Å². The Morgan fingerprint density at radius 2 is 2.10 bits per heavy atom. The van der Waals surface area contributed by atoms with Crippen LogP contribution < -0.4 is 10.2 Å². The molecule has 0 atom stereocenters. The topological polar surface area (TPSA) is 49.4 Å². The van der Waals surface area contributed by atoms with Gasteiger partial charge in [0.1, 0.15) is 0 Å². The zero-order chi connectivity index (χ0) is 13.9. The Bertz CT molecular complexity index is 637.